The fraction of sp³-hybridized carbons (Fsp3) is 0.211. The highest BCUT2D eigenvalue weighted by Gasteiger charge is 2.28. The summed E-state index contributed by atoms with van der Waals surface area (Å²) in [5, 5.41) is 15.6. The van der Waals surface area contributed by atoms with Gasteiger partial charge in [-0.2, -0.15) is 10.4 Å². The lowest BCUT2D eigenvalue weighted by Gasteiger charge is -2.14. The summed E-state index contributed by atoms with van der Waals surface area (Å²) in [6, 6.07) is 5.69. The third-order valence-electron chi connectivity index (χ3n) is 5.36. The average Bonchev–Trinajstić information content (AvgIpc) is 3.41. The molecule has 0 spiro atoms. The van der Waals surface area contributed by atoms with E-state index in [4.69, 9.17) is 5.73 Å². The summed E-state index contributed by atoms with van der Waals surface area (Å²) in [5.74, 6) is 0.429. The molecule has 2 N–H and O–H groups in total. The number of fused-ring (bicyclic) bond motifs is 2. The van der Waals surface area contributed by atoms with Crippen LogP contribution in [-0.4, -0.2) is 19.1 Å². The zero-order chi connectivity index (χ0) is 19.6. The van der Waals surface area contributed by atoms with Crippen molar-refractivity contribution in [3.05, 3.63) is 47.2 Å². The van der Waals surface area contributed by atoms with Gasteiger partial charge in [0.2, 0.25) is 0 Å². The number of pyridine rings is 1. The largest absolute Gasteiger partial charge is 0.384 e. The molecule has 1 unspecified atom stereocenters. The maximum Gasteiger partial charge on any atom is 0.130 e. The molecule has 1 saturated carbocycles. The van der Waals surface area contributed by atoms with Crippen molar-refractivity contribution in [1.82, 2.24) is 19.1 Å². The molecule has 1 fully saturated rings. The van der Waals surface area contributed by atoms with E-state index < -0.39 is 0 Å². The van der Waals surface area contributed by atoms with E-state index in [9.17, 15) is 9.65 Å². The van der Waals surface area contributed by atoms with Crippen LogP contribution in [0.1, 0.15) is 35.6 Å². The number of benzene rings is 1. The Morgan fingerprint density at radius 2 is 2.07 bits per heavy atom. The first-order valence-corrected chi connectivity index (χ1v) is 12.8. The molecule has 1 atom stereocenters. The zero-order valence-corrected chi connectivity index (χ0v) is 18.0. The molecular weight excluding hydrogens is 489 g/mol. The summed E-state index contributed by atoms with van der Waals surface area (Å²) >= 11 is 2.22. The van der Waals surface area contributed by atoms with Crippen LogP contribution in [-0.2, 0) is 0 Å². The number of anilines is 1. The second-order valence-corrected chi connectivity index (χ2v) is 9.05. The van der Waals surface area contributed by atoms with Crippen LogP contribution in [0.25, 0.3) is 27.5 Å². The van der Waals surface area contributed by atoms with Crippen LogP contribution >= 0.6 is 28.4 Å². The molecule has 1 aliphatic rings. The Morgan fingerprint density at radius 1 is 1.29 bits per heavy atom. The van der Waals surface area contributed by atoms with Crippen molar-refractivity contribution in [3.63, 3.8) is 0 Å². The van der Waals surface area contributed by atoms with E-state index in [0.717, 1.165) is 29.4 Å². The molecule has 5 rings (SSSR count). The predicted molar refractivity (Wildman–Crippen MR) is 118 cm³/mol. The van der Waals surface area contributed by atoms with Gasteiger partial charge in [-0.3, -0.25) is 9.55 Å². The van der Waals surface area contributed by atoms with Gasteiger partial charge in [0.25, 0.3) is 0 Å². The Hall–Kier alpha value is -2.24. The third kappa shape index (κ3) is 2.46. The quantitative estimate of drug-likeness (QED) is 0.316. The van der Waals surface area contributed by atoms with Crippen molar-refractivity contribution in [2.75, 3.05) is 5.73 Å². The summed E-state index contributed by atoms with van der Waals surface area (Å²) in [6.07, 6.45) is 6.04. The van der Waals surface area contributed by atoms with Gasteiger partial charge in [0.05, 0.1) is 29.3 Å². The van der Waals surface area contributed by atoms with Crippen molar-refractivity contribution in [2.24, 2.45) is 0 Å². The Balaban J connectivity index is 1.93. The molecule has 1 aromatic carbocycles. The molecule has 0 bridgehead atoms. The number of halogens is 2. The van der Waals surface area contributed by atoms with Gasteiger partial charge in [0.1, 0.15) is 23.3 Å². The van der Waals surface area contributed by atoms with E-state index in [2.05, 4.69) is 38.2 Å². The first-order chi connectivity index (χ1) is 13.5. The van der Waals surface area contributed by atoms with Crippen molar-refractivity contribution in [1.29, 1.82) is 5.26 Å². The molecule has 4 aromatic rings. The van der Waals surface area contributed by atoms with Gasteiger partial charge >= 0.3 is 0 Å². The Morgan fingerprint density at radius 3 is 2.75 bits per heavy atom. The highest BCUT2D eigenvalue weighted by atomic mass is 127. The first kappa shape index (κ1) is 17.8. The first-order valence-electron chi connectivity index (χ1n) is 8.79. The molecule has 0 aliphatic heterocycles. The van der Waals surface area contributed by atoms with E-state index in [1.807, 2.05) is 6.07 Å². The summed E-state index contributed by atoms with van der Waals surface area (Å²) in [6.45, 7) is 1.73. The number of rotatable bonds is 3. The van der Waals surface area contributed by atoms with Gasteiger partial charge in [-0.1, -0.05) is 0 Å². The van der Waals surface area contributed by atoms with Crippen molar-refractivity contribution in [2.45, 2.75) is 25.7 Å². The Labute approximate surface area is 174 Å². The summed E-state index contributed by atoms with van der Waals surface area (Å²) < 4.78 is 18.4. The smallest absolute Gasteiger partial charge is 0.130 e. The number of hydrogen-bond acceptors (Lipinski definition) is 4. The van der Waals surface area contributed by atoms with Gasteiger partial charge in [-0.05, 0) is 47.9 Å². The molecule has 1 aliphatic carbocycles. The fourth-order valence-electron chi connectivity index (χ4n) is 3.76. The molecule has 28 heavy (non-hydrogen) atoms. The van der Waals surface area contributed by atoms with Gasteiger partial charge < -0.3 is 5.73 Å². The van der Waals surface area contributed by atoms with Crippen LogP contribution in [0.3, 0.4) is 0 Å². The second-order valence-electron chi connectivity index (χ2n) is 7.01. The van der Waals surface area contributed by atoms with Gasteiger partial charge in [0.15, 0.2) is 0 Å². The van der Waals surface area contributed by atoms with Gasteiger partial charge in [0, 0.05) is 40.2 Å². The van der Waals surface area contributed by atoms with E-state index in [0.29, 0.717) is 45.8 Å². The van der Waals surface area contributed by atoms with Crippen LogP contribution in [0.2, 0.25) is 0 Å². The molecule has 9 heteroatoms. The SMILES string of the molecule is Cc1c(F)cc2c(cnn2PI)c1-n1c(N)c(C#N)c2cnc(C3CC3)cc21. The molecular formula is C19H15FIN6P. The third-order valence-corrected chi connectivity index (χ3v) is 7.25. The number of nitrogens with zero attached hydrogens (tertiary/aromatic N) is 5. The Kier molecular flexibility index (Phi) is 4.07. The minimum Gasteiger partial charge on any atom is -0.384 e. The van der Waals surface area contributed by atoms with Crippen molar-refractivity contribution >= 4 is 56.0 Å². The van der Waals surface area contributed by atoms with Crippen molar-refractivity contribution < 1.29 is 4.39 Å². The molecule has 0 radical (unpaired) electrons. The minimum absolute atomic E-state index is 0.298. The van der Waals surface area contributed by atoms with E-state index in [1.54, 1.807) is 28.3 Å². The van der Waals surface area contributed by atoms with Gasteiger partial charge in [-0.25, -0.2) is 8.84 Å². The number of nitriles is 1. The number of nitrogen functional groups attached to an aromatic ring is 1. The van der Waals surface area contributed by atoms with E-state index >= 15 is 0 Å². The molecule has 3 heterocycles. The monoisotopic (exact) mass is 504 g/mol. The molecule has 6 nitrogen and oxygen atoms in total. The standard InChI is InChI=1S/C19H15FIN6P/c1-9-14(20)4-17-13(8-25-27(17)28-21)18(9)26-16-5-15(10-2-3-10)24-7-12(16)11(6-22)19(26)23/h4-5,7-8,10,28H,2-3,23H2,1H3. The highest BCUT2D eigenvalue weighted by Crippen LogP contribution is 2.42. The lowest BCUT2D eigenvalue weighted by atomic mass is 10.1. The predicted octanol–water partition coefficient (Wildman–Crippen LogP) is 4.95. The summed E-state index contributed by atoms with van der Waals surface area (Å²) in [4.78, 5) is 4.53. The van der Waals surface area contributed by atoms with E-state index in [-0.39, 0.29) is 5.82 Å². The minimum atomic E-state index is -0.324. The lowest BCUT2D eigenvalue weighted by Crippen LogP contribution is -2.05. The highest BCUT2D eigenvalue weighted by molar-refractivity contribution is 14.2. The molecule has 3 aromatic heterocycles. The number of nitrogens with two attached hydrogens (primary N) is 1. The summed E-state index contributed by atoms with van der Waals surface area (Å²) in [5.41, 5.74) is 10.4. The Bertz CT molecular complexity index is 1310. The number of aromatic nitrogens is 4. The van der Waals surface area contributed by atoms with Crippen LogP contribution in [0.4, 0.5) is 10.2 Å². The lowest BCUT2D eigenvalue weighted by molar-refractivity contribution is 0.619. The van der Waals surface area contributed by atoms with Crippen LogP contribution < -0.4 is 5.73 Å². The topological polar surface area (TPSA) is 85.5 Å². The average molecular weight is 504 g/mol. The normalized spacial score (nSPS) is 14.5. The van der Waals surface area contributed by atoms with Crippen molar-refractivity contribution in [3.8, 4) is 11.8 Å². The van der Waals surface area contributed by atoms with Crippen LogP contribution in [0, 0.1) is 24.1 Å². The maximum absolute atomic E-state index is 14.9. The zero-order valence-electron chi connectivity index (χ0n) is 14.9. The molecule has 0 saturated heterocycles. The van der Waals surface area contributed by atoms with E-state index in [1.165, 1.54) is 6.07 Å². The van der Waals surface area contributed by atoms with Crippen LogP contribution in [0.15, 0.2) is 24.5 Å². The fourth-order valence-corrected chi connectivity index (χ4v) is 5.29. The molecule has 140 valence electrons. The summed E-state index contributed by atoms with van der Waals surface area (Å²) in [7, 11) is 0. The van der Waals surface area contributed by atoms with Crippen LogP contribution in [0.5, 0.6) is 0 Å². The molecule has 0 amide bonds. The second kappa shape index (κ2) is 6.39. The number of hydrogen-bond donors (Lipinski definition) is 1. The van der Waals surface area contributed by atoms with Gasteiger partial charge in [-0.15, -0.1) is 0 Å². The maximum atomic E-state index is 14.9.